The Morgan fingerprint density at radius 2 is 2.50 bits per heavy atom. The van der Waals surface area contributed by atoms with Crippen LogP contribution in [0.15, 0.2) is 0 Å². The molecule has 1 aliphatic heterocycles. The van der Waals surface area contributed by atoms with Crippen molar-refractivity contribution in [3.63, 3.8) is 0 Å². The summed E-state index contributed by atoms with van der Waals surface area (Å²) in [5.41, 5.74) is 0. The Kier molecular flexibility index (Phi) is 3.88. The largest absolute Gasteiger partial charge is 0.480 e. The summed E-state index contributed by atoms with van der Waals surface area (Å²) >= 11 is 1.97. The molecule has 1 saturated heterocycles. The molecule has 0 aromatic heterocycles. The molecule has 0 aliphatic carbocycles. The van der Waals surface area contributed by atoms with Gasteiger partial charge in [-0.3, -0.25) is 9.69 Å². The molecule has 0 aromatic rings. The number of hydrogen-bond donors (Lipinski definition) is 1. The number of rotatable bonds is 4. The van der Waals surface area contributed by atoms with Crippen LogP contribution >= 0.6 is 11.8 Å². The van der Waals surface area contributed by atoms with Crippen LogP contribution in [0.1, 0.15) is 6.42 Å². The Balaban J connectivity index is 2.16. The lowest BCUT2D eigenvalue weighted by molar-refractivity contribution is -0.138. The van der Waals surface area contributed by atoms with Gasteiger partial charge in [0.05, 0.1) is 6.54 Å². The summed E-state index contributed by atoms with van der Waals surface area (Å²) in [5.74, 6) is 2.41. The minimum atomic E-state index is -0.733. The molecule has 0 saturated carbocycles. The van der Waals surface area contributed by atoms with Gasteiger partial charge in [0, 0.05) is 6.54 Å². The van der Waals surface area contributed by atoms with Gasteiger partial charge in [-0.1, -0.05) is 0 Å². The first-order valence-electron chi connectivity index (χ1n) is 4.16. The van der Waals surface area contributed by atoms with Crippen molar-refractivity contribution in [1.82, 2.24) is 4.90 Å². The molecule has 1 aliphatic rings. The van der Waals surface area contributed by atoms with Gasteiger partial charge in [0.25, 0.3) is 0 Å². The van der Waals surface area contributed by atoms with Gasteiger partial charge >= 0.3 is 5.97 Å². The molecule has 4 heteroatoms. The molecule has 1 heterocycles. The molecule has 1 fully saturated rings. The van der Waals surface area contributed by atoms with Gasteiger partial charge in [0.15, 0.2) is 0 Å². The molecule has 1 unspecified atom stereocenters. The molecular weight excluding hydrogens is 174 g/mol. The number of thioether (sulfide) groups is 1. The first-order valence-corrected chi connectivity index (χ1v) is 5.32. The summed E-state index contributed by atoms with van der Waals surface area (Å²) in [4.78, 5) is 12.2. The Labute approximate surface area is 77.1 Å². The standard InChI is InChI=1S/C8H15NO2S/c1-9(5-8(10)11)4-7-2-3-12-6-7/h7H,2-6H2,1H3,(H,10,11). The highest BCUT2D eigenvalue weighted by Crippen LogP contribution is 2.23. The fraction of sp³-hybridized carbons (Fsp3) is 0.875. The average molecular weight is 189 g/mol. The maximum Gasteiger partial charge on any atom is 0.317 e. The zero-order valence-electron chi connectivity index (χ0n) is 7.32. The normalized spacial score (nSPS) is 23.3. The van der Waals surface area contributed by atoms with Gasteiger partial charge in [0.2, 0.25) is 0 Å². The van der Waals surface area contributed by atoms with E-state index in [4.69, 9.17) is 5.11 Å². The molecule has 1 N–H and O–H groups in total. The molecule has 0 bridgehead atoms. The van der Waals surface area contributed by atoms with Crippen LogP contribution < -0.4 is 0 Å². The molecule has 0 radical (unpaired) electrons. The van der Waals surface area contributed by atoms with Crippen molar-refractivity contribution < 1.29 is 9.90 Å². The number of nitrogens with zero attached hydrogens (tertiary/aromatic N) is 1. The van der Waals surface area contributed by atoms with Crippen LogP contribution in [-0.2, 0) is 4.79 Å². The van der Waals surface area contributed by atoms with Gasteiger partial charge in [0.1, 0.15) is 0 Å². The zero-order valence-corrected chi connectivity index (χ0v) is 8.14. The summed E-state index contributed by atoms with van der Waals surface area (Å²) < 4.78 is 0. The molecular formula is C8H15NO2S. The van der Waals surface area contributed by atoms with E-state index in [0.29, 0.717) is 5.92 Å². The Morgan fingerprint density at radius 1 is 1.75 bits per heavy atom. The third kappa shape index (κ3) is 3.45. The predicted molar refractivity (Wildman–Crippen MR) is 50.6 cm³/mol. The van der Waals surface area contributed by atoms with E-state index in [1.165, 1.54) is 17.9 Å². The first-order chi connectivity index (χ1) is 5.68. The third-order valence-electron chi connectivity index (χ3n) is 2.00. The van der Waals surface area contributed by atoms with E-state index in [0.717, 1.165) is 6.54 Å². The van der Waals surface area contributed by atoms with Gasteiger partial charge in [-0.05, 0) is 30.9 Å². The van der Waals surface area contributed by atoms with Gasteiger partial charge < -0.3 is 5.11 Å². The van der Waals surface area contributed by atoms with E-state index in [1.807, 2.05) is 23.7 Å². The van der Waals surface area contributed by atoms with Crippen LogP contribution in [0.4, 0.5) is 0 Å². The van der Waals surface area contributed by atoms with Crippen LogP contribution in [0, 0.1) is 5.92 Å². The summed E-state index contributed by atoms with van der Waals surface area (Å²) in [6.07, 6.45) is 1.24. The monoisotopic (exact) mass is 189 g/mol. The van der Waals surface area contributed by atoms with Crippen molar-refractivity contribution in [3.8, 4) is 0 Å². The molecule has 0 aromatic carbocycles. The van der Waals surface area contributed by atoms with Gasteiger partial charge in [-0.2, -0.15) is 11.8 Å². The summed E-state index contributed by atoms with van der Waals surface area (Å²) in [6, 6.07) is 0. The SMILES string of the molecule is CN(CC(=O)O)CC1CCSC1. The number of carbonyl (C=O) groups is 1. The summed E-state index contributed by atoms with van der Waals surface area (Å²) in [5, 5.41) is 8.51. The van der Waals surface area contributed by atoms with Gasteiger partial charge in [-0.15, -0.1) is 0 Å². The highest BCUT2D eigenvalue weighted by atomic mass is 32.2. The van der Waals surface area contributed by atoms with Crippen molar-refractivity contribution in [2.75, 3.05) is 31.6 Å². The van der Waals surface area contributed by atoms with Crippen LogP contribution in [0.3, 0.4) is 0 Å². The lowest BCUT2D eigenvalue weighted by Crippen LogP contribution is -2.30. The van der Waals surface area contributed by atoms with E-state index in [2.05, 4.69) is 0 Å². The van der Waals surface area contributed by atoms with Crippen LogP contribution in [0.5, 0.6) is 0 Å². The molecule has 1 atom stereocenters. The second-order valence-electron chi connectivity index (χ2n) is 3.32. The minimum Gasteiger partial charge on any atom is -0.480 e. The maximum atomic E-state index is 10.3. The predicted octanol–water partition coefficient (Wildman–Crippen LogP) is 0.756. The smallest absolute Gasteiger partial charge is 0.317 e. The van der Waals surface area contributed by atoms with Crippen molar-refractivity contribution in [2.24, 2.45) is 5.92 Å². The van der Waals surface area contributed by atoms with E-state index in [9.17, 15) is 4.79 Å². The van der Waals surface area contributed by atoms with Crippen LogP contribution in [-0.4, -0.2) is 47.6 Å². The van der Waals surface area contributed by atoms with E-state index in [1.54, 1.807) is 0 Å². The van der Waals surface area contributed by atoms with E-state index < -0.39 is 5.97 Å². The molecule has 70 valence electrons. The average Bonchev–Trinajstić information content (AvgIpc) is 2.37. The maximum absolute atomic E-state index is 10.3. The molecule has 1 rings (SSSR count). The molecule has 12 heavy (non-hydrogen) atoms. The number of carboxylic acid groups (broad SMARTS) is 1. The number of hydrogen-bond acceptors (Lipinski definition) is 3. The van der Waals surface area contributed by atoms with Crippen LogP contribution in [0.2, 0.25) is 0 Å². The van der Waals surface area contributed by atoms with Crippen molar-refractivity contribution in [1.29, 1.82) is 0 Å². The number of likely N-dealkylation sites (N-methyl/N-ethyl adjacent to an activating group) is 1. The number of aliphatic carboxylic acids is 1. The van der Waals surface area contributed by atoms with Crippen LogP contribution in [0.25, 0.3) is 0 Å². The lowest BCUT2D eigenvalue weighted by atomic mass is 10.1. The zero-order chi connectivity index (χ0) is 8.97. The lowest BCUT2D eigenvalue weighted by Gasteiger charge is -2.17. The summed E-state index contributed by atoms with van der Waals surface area (Å²) in [6.45, 7) is 1.10. The second kappa shape index (κ2) is 4.72. The third-order valence-corrected chi connectivity index (χ3v) is 3.23. The van der Waals surface area contributed by atoms with Crippen molar-refractivity contribution in [2.45, 2.75) is 6.42 Å². The Bertz CT molecular complexity index is 157. The molecule has 0 amide bonds. The Morgan fingerprint density at radius 3 is 3.00 bits per heavy atom. The van der Waals surface area contributed by atoms with Crippen molar-refractivity contribution >= 4 is 17.7 Å². The highest BCUT2D eigenvalue weighted by molar-refractivity contribution is 7.99. The van der Waals surface area contributed by atoms with Crippen molar-refractivity contribution in [3.05, 3.63) is 0 Å². The second-order valence-corrected chi connectivity index (χ2v) is 4.47. The first kappa shape index (κ1) is 9.86. The highest BCUT2D eigenvalue weighted by Gasteiger charge is 2.17. The topological polar surface area (TPSA) is 40.5 Å². The van der Waals surface area contributed by atoms with E-state index in [-0.39, 0.29) is 6.54 Å². The number of carboxylic acids is 1. The van der Waals surface area contributed by atoms with Gasteiger partial charge in [-0.25, -0.2) is 0 Å². The minimum absolute atomic E-state index is 0.168. The summed E-state index contributed by atoms with van der Waals surface area (Å²) in [7, 11) is 1.87. The molecule has 3 nitrogen and oxygen atoms in total. The van der Waals surface area contributed by atoms with E-state index >= 15 is 0 Å². The quantitative estimate of drug-likeness (QED) is 0.708. The molecule has 0 spiro atoms. The fourth-order valence-electron chi connectivity index (χ4n) is 1.46. The Hall–Kier alpha value is -0.220. The fourth-order valence-corrected chi connectivity index (χ4v) is 2.74.